The fourth-order valence-corrected chi connectivity index (χ4v) is 3.07. The molecule has 0 spiro atoms. The summed E-state index contributed by atoms with van der Waals surface area (Å²) in [6, 6.07) is 8.82. The maximum atomic E-state index is 5.69. The van der Waals surface area contributed by atoms with Crippen molar-refractivity contribution in [2.45, 2.75) is 38.3 Å². The van der Waals surface area contributed by atoms with E-state index in [4.69, 9.17) is 4.74 Å². The van der Waals surface area contributed by atoms with E-state index in [1.54, 1.807) is 0 Å². The Hall–Kier alpha value is -0.900. The van der Waals surface area contributed by atoms with E-state index in [1.807, 2.05) is 14.2 Å². The molecule has 1 aromatic rings. The third-order valence-corrected chi connectivity index (χ3v) is 4.39. The van der Waals surface area contributed by atoms with Crippen molar-refractivity contribution in [2.24, 2.45) is 0 Å². The Morgan fingerprint density at radius 1 is 1.30 bits per heavy atom. The van der Waals surface area contributed by atoms with Gasteiger partial charge in [-0.3, -0.25) is 4.90 Å². The predicted molar refractivity (Wildman–Crippen MR) is 84.0 cm³/mol. The van der Waals surface area contributed by atoms with Gasteiger partial charge in [-0.2, -0.15) is 0 Å². The fraction of sp³-hybridized carbons (Fsp3) is 0.647. The minimum absolute atomic E-state index is 0.0260. The Labute approximate surface area is 123 Å². The number of ether oxygens (including phenoxy) is 1. The average molecular weight is 276 g/mol. The van der Waals surface area contributed by atoms with Gasteiger partial charge in [0.25, 0.3) is 0 Å². The van der Waals surface area contributed by atoms with Gasteiger partial charge in [-0.1, -0.05) is 24.3 Å². The van der Waals surface area contributed by atoms with Gasteiger partial charge < -0.3 is 10.1 Å². The lowest BCUT2D eigenvalue weighted by atomic mass is 9.94. The summed E-state index contributed by atoms with van der Waals surface area (Å²) >= 11 is 0. The highest BCUT2D eigenvalue weighted by molar-refractivity contribution is 5.27. The Kier molecular flexibility index (Phi) is 5.58. The van der Waals surface area contributed by atoms with Crippen molar-refractivity contribution < 1.29 is 4.74 Å². The average Bonchev–Trinajstić information content (AvgIpc) is 2.46. The fourth-order valence-electron chi connectivity index (χ4n) is 3.07. The smallest absolute Gasteiger partial charge is 0.0777 e. The van der Waals surface area contributed by atoms with E-state index in [0.717, 1.165) is 26.1 Å². The number of methoxy groups -OCH3 is 1. The van der Waals surface area contributed by atoms with Gasteiger partial charge in [-0.15, -0.1) is 0 Å². The van der Waals surface area contributed by atoms with Gasteiger partial charge in [0.1, 0.15) is 0 Å². The predicted octanol–water partition coefficient (Wildman–Crippen LogP) is 2.45. The maximum Gasteiger partial charge on any atom is 0.0777 e. The second kappa shape index (κ2) is 7.21. The van der Waals surface area contributed by atoms with Gasteiger partial charge in [-0.05, 0) is 57.5 Å². The first-order chi connectivity index (χ1) is 9.67. The van der Waals surface area contributed by atoms with Gasteiger partial charge in [0.15, 0.2) is 0 Å². The normalized spacial score (nSPS) is 23.9. The largest absolute Gasteiger partial charge is 0.377 e. The molecule has 2 rings (SSSR count). The first kappa shape index (κ1) is 15.5. The summed E-state index contributed by atoms with van der Waals surface area (Å²) in [7, 11) is 3.85. The van der Waals surface area contributed by atoms with Crippen LogP contribution < -0.4 is 5.32 Å². The van der Waals surface area contributed by atoms with Crippen molar-refractivity contribution in [3.63, 3.8) is 0 Å². The van der Waals surface area contributed by atoms with Crippen LogP contribution >= 0.6 is 0 Å². The summed E-state index contributed by atoms with van der Waals surface area (Å²) in [4.78, 5) is 2.53. The number of nitrogens with zero attached hydrogens (tertiary/aromatic N) is 1. The van der Waals surface area contributed by atoms with Gasteiger partial charge in [0, 0.05) is 20.2 Å². The number of hydrogen-bond donors (Lipinski definition) is 1. The van der Waals surface area contributed by atoms with Crippen LogP contribution in [0.2, 0.25) is 0 Å². The van der Waals surface area contributed by atoms with Crippen LogP contribution in [0, 0.1) is 0 Å². The summed E-state index contributed by atoms with van der Waals surface area (Å²) in [6.45, 7) is 6.51. The number of likely N-dealkylation sites (N-methyl/N-ethyl adjacent to an activating group) is 1. The summed E-state index contributed by atoms with van der Waals surface area (Å²) in [5.74, 6) is 0. The van der Waals surface area contributed by atoms with Crippen molar-refractivity contribution >= 4 is 0 Å². The highest BCUT2D eigenvalue weighted by Crippen LogP contribution is 2.25. The molecule has 1 aromatic carbocycles. The molecular weight excluding hydrogens is 248 g/mol. The number of piperidine rings is 1. The number of rotatable bonds is 6. The van der Waals surface area contributed by atoms with E-state index >= 15 is 0 Å². The van der Waals surface area contributed by atoms with Gasteiger partial charge in [-0.25, -0.2) is 0 Å². The van der Waals surface area contributed by atoms with Crippen molar-refractivity contribution in [3.05, 3.63) is 35.4 Å². The number of benzene rings is 1. The molecule has 20 heavy (non-hydrogen) atoms. The first-order valence-electron chi connectivity index (χ1n) is 7.66. The van der Waals surface area contributed by atoms with E-state index in [1.165, 1.54) is 30.5 Å². The molecule has 0 aliphatic carbocycles. The number of likely N-dealkylation sites (tertiary alicyclic amines) is 1. The van der Waals surface area contributed by atoms with Crippen molar-refractivity contribution in [1.29, 1.82) is 0 Å². The Balaban J connectivity index is 2.02. The van der Waals surface area contributed by atoms with Crippen LogP contribution in [0.4, 0.5) is 0 Å². The zero-order chi connectivity index (χ0) is 14.4. The maximum absolute atomic E-state index is 5.69. The monoisotopic (exact) mass is 276 g/mol. The second-order valence-electron chi connectivity index (χ2n) is 6.09. The molecule has 3 nitrogen and oxygen atoms in total. The highest BCUT2D eigenvalue weighted by atomic mass is 16.5. The first-order valence-corrected chi connectivity index (χ1v) is 7.66. The minimum atomic E-state index is 0.0260. The van der Waals surface area contributed by atoms with Crippen molar-refractivity contribution in [2.75, 3.05) is 33.8 Å². The summed E-state index contributed by atoms with van der Waals surface area (Å²) in [5.41, 5.74) is 2.95. The number of hydrogen-bond acceptors (Lipinski definition) is 3. The zero-order valence-corrected chi connectivity index (χ0v) is 13.1. The topological polar surface area (TPSA) is 24.5 Å². The molecule has 0 bridgehead atoms. The second-order valence-corrected chi connectivity index (χ2v) is 6.09. The Morgan fingerprint density at radius 2 is 2.05 bits per heavy atom. The lowest BCUT2D eigenvalue weighted by molar-refractivity contribution is -0.0527. The van der Waals surface area contributed by atoms with Crippen LogP contribution in [0.3, 0.4) is 0 Å². The van der Waals surface area contributed by atoms with E-state index in [2.05, 4.69) is 41.4 Å². The van der Waals surface area contributed by atoms with Crippen LogP contribution in [-0.2, 0) is 17.7 Å². The molecule has 1 N–H and O–H groups in total. The lowest BCUT2D eigenvalue weighted by Crippen LogP contribution is -2.46. The molecule has 1 fully saturated rings. The summed E-state index contributed by atoms with van der Waals surface area (Å²) in [6.07, 6.45) is 3.49. The van der Waals surface area contributed by atoms with E-state index in [0.29, 0.717) is 0 Å². The summed E-state index contributed by atoms with van der Waals surface area (Å²) in [5, 5.41) is 3.24. The van der Waals surface area contributed by atoms with Gasteiger partial charge >= 0.3 is 0 Å². The summed E-state index contributed by atoms with van der Waals surface area (Å²) < 4.78 is 5.69. The quantitative estimate of drug-likeness (QED) is 0.864. The molecule has 112 valence electrons. The zero-order valence-electron chi connectivity index (χ0n) is 13.1. The molecule has 0 aromatic heterocycles. The van der Waals surface area contributed by atoms with Gasteiger partial charge in [0.05, 0.1) is 5.60 Å². The van der Waals surface area contributed by atoms with Crippen LogP contribution in [-0.4, -0.2) is 44.3 Å². The molecule has 1 unspecified atom stereocenters. The van der Waals surface area contributed by atoms with Crippen LogP contribution in [0.1, 0.15) is 30.9 Å². The molecule has 1 saturated heterocycles. The molecule has 1 atom stereocenters. The van der Waals surface area contributed by atoms with Crippen molar-refractivity contribution in [3.8, 4) is 0 Å². The molecular formula is C17H28N2O. The number of nitrogens with one attached hydrogen (secondary N) is 1. The Bertz CT molecular complexity index is 421. The van der Waals surface area contributed by atoms with E-state index < -0.39 is 0 Å². The van der Waals surface area contributed by atoms with Gasteiger partial charge in [0.2, 0.25) is 0 Å². The Morgan fingerprint density at radius 3 is 2.75 bits per heavy atom. The minimum Gasteiger partial charge on any atom is -0.377 e. The van der Waals surface area contributed by atoms with E-state index in [9.17, 15) is 0 Å². The highest BCUT2D eigenvalue weighted by Gasteiger charge is 2.30. The molecule has 1 aliphatic rings. The molecule has 0 radical (unpaired) electrons. The SMILES string of the molecule is CNCCc1ccccc1CN1CCCC(C)(OC)C1. The van der Waals surface area contributed by atoms with Crippen LogP contribution in [0.25, 0.3) is 0 Å². The third-order valence-electron chi connectivity index (χ3n) is 4.39. The standard InChI is InChI=1S/C17H28N2O/c1-17(20-3)10-6-12-19(14-17)13-16-8-5-4-7-15(16)9-11-18-2/h4-5,7-8,18H,6,9-14H2,1-3H3. The molecule has 0 saturated carbocycles. The van der Waals surface area contributed by atoms with Crippen LogP contribution in [0.5, 0.6) is 0 Å². The van der Waals surface area contributed by atoms with Crippen molar-refractivity contribution in [1.82, 2.24) is 10.2 Å². The lowest BCUT2D eigenvalue weighted by Gasteiger charge is -2.39. The third kappa shape index (κ3) is 4.05. The molecule has 1 aliphatic heterocycles. The molecule has 0 amide bonds. The van der Waals surface area contributed by atoms with Crippen LogP contribution in [0.15, 0.2) is 24.3 Å². The molecule has 3 heteroatoms. The van der Waals surface area contributed by atoms with E-state index in [-0.39, 0.29) is 5.60 Å². The molecule has 1 heterocycles.